The van der Waals surface area contributed by atoms with Crippen molar-refractivity contribution in [2.45, 2.75) is 20.4 Å². The summed E-state index contributed by atoms with van der Waals surface area (Å²) < 4.78 is 17.4. The van der Waals surface area contributed by atoms with E-state index in [0.717, 1.165) is 11.1 Å². The number of tetrazole rings is 1. The molecule has 0 radical (unpaired) electrons. The fourth-order valence-electron chi connectivity index (χ4n) is 2.94. The normalized spacial score (nSPS) is 10.9. The Balaban J connectivity index is 1.57. The standard InChI is InChI=1S/C19H17FN8OS/c1-11-3-5-13(6-4-11)18-23-24-19(30)27(18)10-17(29)21-14-7-8-15(20)16(9-14)28-12(2)22-25-26-28/h3-9H,10H2,1-2H3,(H,21,29)(H,24,30). The summed E-state index contributed by atoms with van der Waals surface area (Å²) in [6.45, 7) is 3.58. The Labute approximate surface area is 175 Å². The molecule has 0 spiro atoms. The molecule has 9 nitrogen and oxygen atoms in total. The van der Waals surface area contributed by atoms with Crippen LogP contribution in [-0.2, 0) is 11.3 Å². The summed E-state index contributed by atoms with van der Waals surface area (Å²) in [6, 6.07) is 11.9. The van der Waals surface area contributed by atoms with Gasteiger partial charge in [0.2, 0.25) is 5.91 Å². The summed E-state index contributed by atoms with van der Waals surface area (Å²) >= 11 is 5.28. The first-order chi connectivity index (χ1) is 14.4. The largest absolute Gasteiger partial charge is 0.324 e. The van der Waals surface area contributed by atoms with Gasteiger partial charge in [-0.2, -0.15) is 9.78 Å². The van der Waals surface area contributed by atoms with E-state index < -0.39 is 5.82 Å². The lowest BCUT2D eigenvalue weighted by atomic mass is 10.1. The molecule has 0 aliphatic carbocycles. The lowest BCUT2D eigenvalue weighted by Gasteiger charge is -2.10. The van der Waals surface area contributed by atoms with Gasteiger partial charge in [-0.3, -0.25) is 14.5 Å². The smallest absolute Gasteiger partial charge is 0.244 e. The van der Waals surface area contributed by atoms with E-state index in [4.69, 9.17) is 12.2 Å². The summed E-state index contributed by atoms with van der Waals surface area (Å²) in [5.74, 6) is 0.123. The number of anilines is 1. The van der Waals surface area contributed by atoms with Crippen molar-refractivity contribution in [3.05, 3.63) is 64.4 Å². The van der Waals surface area contributed by atoms with Gasteiger partial charge >= 0.3 is 0 Å². The summed E-state index contributed by atoms with van der Waals surface area (Å²) in [5, 5.41) is 20.7. The minimum Gasteiger partial charge on any atom is -0.324 e. The van der Waals surface area contributed by atoms with Crippen LogP contribution in [0.4, 0.5) is 10.1 Å². The molecule has 1 amide bonds. The van der Waals surface area contributed by atoms with Crippen LogP contribution in [0.25, 0.3) is 17.1 Å². The molecule has 0 saturated carbocycles. The number of halogens is 1. The molecular weight excluding hydrogens is 407 g/mol. The molecule has 0 atom stereocenters. The van der Waals surface area contributed by atoms with Crippen molar-refractivity contribution in [2.75, 3.05) is 5.32 Å². The Kier molecular flexibility index (Phi) is 5.19. The van der Waals surface area contributed by atoms with Gasteiger partial charge in [0.15, 0.2) is 16.4 Å². The lowest BCUT2D eigenvalue weighted by Crippen LogP contribution is -2.20. The average Bonchev–Trinajstić information content (AvgIpc) is 3.30. The van der Waals surface area contributed by atoms with Crippen LogP contribution in [0.15, 0.2) is 42.5 Å². The SMILES string of the molecule is Cc1ccc(-c2n[nH]c(=S)n2CC(=O)Nc2ccc(F)c(-n3nnnc3C)c2)cc1. The average molecular weight is 424 g/mol. The van der Waals surface area contributed by atoms with Crippen molar-refractivity contribution in [3.63, 3.8) is 0 Å². The number of aromatic amines is 1. The number of nitrogens with one attached hydrogen (secondary N) is 2. The van der Waals surface area contributed by atoms with E-state index in [1.807, 2.05) is 31.2 Å². The zero-order valence-corrected chi connectivity index (χ0v) is 16.9. The van der Waals surface area contributed by atoms with Gasteiger partial charge in [-0.25, -0.2) is 4.39 Å². The van der Waals surface area contributed by atoms with Crippen molar-refractivity contribution in [1.82, 2.24) is 35.0 Å². The number of aromatic nitrogens is 7. The van der Waals surface area contributed by atoms with Crippen molar-refractivity contribution in [3.8, 4) is 17.1 Å². The first kappa shape index (κ1) is 19.6. The van der Waals surface area contributed by atoms with E-state index in [9.17, 15) is 9.18 Å². The van der Waals surface area contributed by atoms with Gasteiger partial charge < -0.3 is 5.32 Å². The quantitative estimate of drug-likeness (QED) is 0.477. The van der Waals surface area contributed by atoms with Crippen molar-refractivity contribution in [2.24, 2.45) is 0 Å². The maximum Gasteiger partial charge on any atom is 0.244 e. The second-order valence-corrected chi connectivity index (χ2v) is 7.04. The van der Waals surface area contributed by atoms with E-state index in [-0.39, 0.29) is 18.1 Å². The van der Waals surface area contributed by atoms with Gasteiger partial charge in [-0.15, -0.1) is 5.10 Å². The number of carbonyl (C=O) groups is 1. The van der Waals surface area contributed by atoms with Crippen LogP contribution in [0.3, 0.4) is 0 Å². The number of nitrogens with zero attached hydrogens (tertiary/aromatic N) is 6. The van der Waals surface area contributed by atoms with E-state index in [2.05, 4.69) is 31.0 Å². The number of amides is 1. The Bertz CT molecular complexity index is 1270. The van der Waals surface area contributed by atoms with Crippen LogP contribution in [-0.4, -0.2) is 40.9 Å². The van der Waals surface area contributed by atoms with Crippen LogP contribution in [0, 0.1) is 24.4 Å². The van der Waals surface area contributed by atoms with Gasteiger partial charge in [0, 0.05) is 11.3 Å². The number of aryl methyl sites for hydroxylation is 2. The molecule has 30 heavy (non-hydrogen) atoms. The van der Waals surface area contributed by atoms with E-state index in [1.165, 1.54) is 22.9 Å². The maximum atomic E-state index is 14.2. The molecule has 2 N–H and O–H groups in total. The topological polar surface area (TPSA) is 106 Å². The van der Waals surface area contributed by atoms with Gasteiger partial charge in [0.1, 0.15) is 18.0 Å². The Morgan fingerprint density at radius 1 is 1.20 bits per heavy atom. The third-order valence-electron chi connectivity index (χ3n) is 4.45. The first-order valence-electron chi connectivity index (χ1n) is 8.99. The summed E-state index contributed by atoms with van der Waals surface area (Å²) in [7, 11) is 0. The number of rotatable bonds is 5. The second kappa shape index (κ2) is 7.95. The molecule has 2 aromatic carbocycles. The van der Waals surface area contributed by atoms with E-state index >= 15 is 0 Å². The third kappa shape index (κ3) is 3.87. The molecular formula is C19H17FN8OS. The van der Waals surface area contributed by atoms with Crippen molar-refractivity contribution in [1.29, 1.82) is 0 Å². The van der Waals surface area contributed by atoms with E-state index in [1.54, 1.807) is 11.5 Å². The zero-order valence-electron chi connectivity index (χ0n) is 16.1. The molecule has 0 bridgehead atoms. The fraction of sp³-hybridized carbons (Fsp3) is 0.158. The van der Waals surface area contributed by atoms with E-state index in [0.29, 0.717) is 22.1 Å². The Hall–Kier alpha value is -3.73. The molecule has 0 fully saturated rings. The highest BCUT2D eigenvalue weighted by atomic mass is 32.1. The third-order valence-corrected chi connectivity index (χ3v) is 4.76. The number of hydrogen-bond donors (Lipinski definition) is 2. The number of benzene rings is 2. The molecule has 4 aromatic rings. The van der Waals surface area contributed by atoms with Gasteiger partial charge in [0.25, 0.3) is 0 Å². The highest BCUT2D eigenvalue weighted by Gasteiger charge is 2.15. The summed E-state index contributed by atoms with van der Waals surface area (Å²) in [6.07, 6.45) is 0. The highest BCUT2D eigenvalue weighted by Crippen LogP contribution is 2.20. The van der Waals surface area contributed by atoms with Crippen LogP contribution < -0.4 is 5.32 Å². The second-order valence-electron chi connectivity index (χ2n) is 6.66. The molecule has 152 valence electrons. The van der Waals surface area contributed by atoms with Crippen LogP contribution >= 0.6 is 12.2 Å². The number of hydrogen-bond acceptors (Lipinski definition) is 6. The molecule has 4 rings (SSSR count). The summed E-state index contributed by atoms with van der Waals surface area (Å²) in [4.78, 5) is 12.7. The zero-order chi connectivity index (χ0) is 21.3. The van der Waals surface area contributed by atoms with Crippen molar-refractivity contribution < 1.29 is 9.18 Å². The molecule has 0 aliphatic rings. The minimum absolute atomic E-state index is 0.0604. The number of H-pyrrole nitrogens is 1. The molecule has 0 unspecified atom stereocenters. The lowest BCUT2D eigenvalue weighted by molar-refractivity contribution is -0.116. The fourth-order valence-corrected chi connectivity index (χ4v) is 3.14. The molecule has 11 heteroatoms. The molecule has 0 saturated heterocycles. The molecule has 0 aliphatic heterocycles. The summed E-state index contributed by atoms with van der Waals surface area (Å²) in [5.41, 5.74) is 2.48. The van der Waals surface area contributed by atoms with Gasteiger partial charge in [-0.1, -0.05) is 29.8 Å². The highest BCUT2D eigenvalue weighted by molar-refractivity contribution is 7.71. The number of carbonyl (C=O) groups excluding carboxylic acids is 1. The predicted molar refractivity (Wildman–Crippen MR) is 110 cm³/mol. The predicted octanol–water partition coefficient (Wildman–Crippen LogP) is 2.98. The minimum atomic E-state index is -0.512. The maximum absolute atomic E-state index is 14.2. The first-order valence-corrected chi connectivity index (χ1v) is 9.40. The van der Waals surface area contributed by atoms with Gasteiger partial charge in [-0.05, 0) is 54.7 Å². The van der Waals surface area contributed by atoms with Gasteiger partial charge in [0.05, 0.1) is 0 Å². The van der Waals surface area contributed by atoms with Crippen LogP contribution in [0.1, 0.15) is 11.4 Å². The Morgan fingerprint density at radius 2 is 1.97 bits per heavy atom. The van der Waals surface area contributed by atoms with Crippen molar-refractivity contribution >= 4 is 23.8 Å². The molecule has 2 aromatic heterocycles. The van der Waals surface area contributed by atoms with Crippen LogP contribution in [0.2, 0.25) is 0 Å². The monoisotopic (exact) mass is 424 g/mol. The Morgan fingerprint density at radius 3 is 2.67 bits per heavy atom. The van der Waals surface area contributed by atoms with Crippen LogP contribution in [0.5, 0.6) is 0 Å². The molecule has 2 heterocycles.